The molecule has 1 rings (SSSR count). The van der Waals surface area contributed by atoms with E-state index in [2.05, 4.69) is 61.9 Å². The van der Waals surface area contributed by atoms with Gasteiger partial charge in [-0.1, -0.05) is 49.7 Å². The van der Waals surface area contributed by atoms with Crippen LogP contribution in [0.2, 0.25) is 0 Å². The number of benzene rings is 1. The Morgan fingerprint density at radius 2 is 1.84 bits per heavy atom. The maximum absolute atomic E-state index is 6.18. The van der Waals surface area contributed by atoms with Gasteiger partial charge in [0, 0.05) is 11.0 Å². The van der Waals surface area contributed by atoms with Gasteiger partial charge in [0.2, 0.25) is 0 Å². The lowest BCUT2D eigenvalue weighted by Gasteiger charge is -2.24. The Bertz CT molecular complexity index is 390. The van der Waals surface area contributed by atoms with Gasteiger partial charge in [-0.2, -0.15) is 0 Å². The number of ether oxygens (including phenoxy) is 1. The second-order valence-electron chi connectivity index (χ2n) is 5.86. The zero-order chi connectivity index (χ0) is 14.4. The molecule has 1 aromatic rings. The average molecular weight is 328 g/mol. The monoisotopic (exact) mass is 327 g/mol. The highest BCUT2D eigenvalue weighted by Crippen LogP contribution is 2.25. The molecule has 0 aliphatic carbocycles. The van der Waals surface area contributed by atoms with Gasteiger partial charge in [-0.3, -0.25) is 0 Å². The predicted molar refractivity (Wildman–Crippen MR) is 85.8 cm³/mol. The fourth-order valence-corrected chi connectivity index (χ4v) is 2.13. The summed E-state index contributed by atoms with van der Waals surface area (Å²) in [4.78, 5) is 0. The van der Waals surface area contributed by atoms with Crippen molar-refractivity contribution >= 4 is 15.9 Å². The topological polar surface area (TPSA) is 21.3 Å². The Balaban J connectivity index is 2.64. The van der Waals surface area contributed by atoms with E-state index >= 15 is 0 Å². The van der Waals surface area contributed by atoms with Crippen molar-refractivity contribution in [2.45, 2.75) is 40.7 Å². The summed E-state index contributed by atoms with van der Waals surface area (Å²) >= 11 is 3.50. The molecule has 0 radical (unpaired) electrons. The average Bonchev–Trinajstić information content (AvgIpc) is 2.31. The number of aryl methyl sites for hydroxylation is 1. The minimum absolute atomic E-state index is 0.201. The predicted octanol–water partition coefficient (Wildman–Crippen LogP) is 4.41. The van der Waals surface area contributed by atoms with Crippen LogP contribution >= 0.6 is 15.9 Å². The van der Waals surface area contributed by atoms with Gasteiger partial charge in [0.15, 0.2) is 0 Å². The van der Waals surface area contributed by atoms with E-state index in [1.54, 1.807) is 0 Å². The molecule has 0 saturated carbocycles. The molecule has 0 amide bonds. The fourth-order valence-electron chi connectivity index (χ4n) is 1.79. The van der Waals surface area contributed by atoms with Crippen molar-refractivity contribution in [1.82, 2.24) is 5.32 Å². The smallest absolute Gasteiger partial charge is 0.123 e. The first-order valence-electron chi connectivity index (χ1n) is 7.03. The molecule has 1 N–H and O–H groups in total. The van der Waals surface area contributed by atoms with Gasteiger partial charge < -0.3 is 10.1 Å². The zero-order valence-corrected chi connectivity index (χ0v) is 14.3. The summed E-state index contributed by atoms with van der Waals surface area (Å²) in [5.41, 5.74) is 1.18. The molecule has 0 spiro atoms. The Morgan fingerprint density at radius 1 is 1.16 bits per heavy atom. The first kappa shape index (κ1) is 16.5. The zero-order valence-electron chi connectivity index (χ0n) is 12.7. The number of hydrogen-bond acceptors (Lipinski definition) is 2. The lowest BCUT2D eigenvalue weighted by molar-refractivity contribution is 0.147. The molecule has 1 atom stereocenters. The van der Waals surface area contributed by atoms with Gasteiger partial charge in [0.1, 0.15) is 11.9 Å². The highest BCUT2D eigenvalue weighted by Gasteiger charge is 2.16. The maximum atomic E-state index is 6.18. The highest BCUT2D eigenvalue weighted by atomic mass is 79.9. The molecule has 108 valence electrons. The van der Waals surface area contributed by atoms with Crippen LogP contribution in [0.25, 0.3) is 0 Å². The number of halogens is 1. The van der Waals surface area contributed by atoms with Crippen molar-refractivity contribution in [2.75, 3.05) is 13.1 Å². The van der Waals surface area contributed by atoms with Crippen LogP contribution < -0.4 is 10.1 Å². The maximum Gasteiger partial charge on any atom is 0.123 e. The summed E-state index contributed by atoms with van der Waals surface area (Å²) in [5.74, 6) is 2.12. The summed E-state index contributed by atoms with van der Waals surface area (Å²) < 4.78 is 7.24. The van der Waals surface area contributed by atoms with E-state index in [4.69, 9.17) is 4.74 Å². The summed E-state index contributed by atoms with van der Waals surface area (Å²) in [5, 5.41) is 3.48. The minimum atomic E-state index is 0.201. The summed E-state index contributed by atoms with van der Waals surface area (Å²) in [6, 6.07) is 6.18. The van der Waals surface area contributed by atoms with Gasteiger partial charge in [-0.15, -0.1) is 0 Å². The van der Waals surface area contributed by atoms with Crippen molar-refractivity contribution in [2.24, 2.45) is 11.8 Å². The first-order valence-corrected chi connectivity index (χ1v) is 7.83. The molecule has 0 aromatic heterocycles. The molecule has 2 nitrogen and oxygen atoms in total. The van der Waals surface area contributed by atoms with Crippen LogP contribution in [0.3, 0.4) is 0 Å². The van der Waals surface area contributed by atoms with Gasteiger partial charge in [0.25, 0.3) is 0 Å². The van der Waals surface area contributed by atoms with Crippen molar-refractivity contribution in [1.29, 1.82) is 0 Å². The normalized spacial score (nSPS) is 13.1. The van der Waals surface area contributed by atoms with Gasteiger partial charge >= 0.3 is 0 Å². The largest absolute Gasteiger partial charge is 0.489 e. The lowest BCUT2D eigenvalue weighted by Crippen LogP contribution is -2.37. The van der Waals surface area contributed by atoms with E-state index in [0.717, 1.165) is 23.3 Å². The molecule has 0 fully saturated rings. The molecule has 0 heterocycles. The van der Waals surface area contributed by atoms with Crippen molar-refractivity contribution in [3.8, 4) is 5.75 Å². The third-order valence-electron chi connectivity index (χ3n) is 3.07. The lowest BCUT2D eigenvalue weighted by atomic mass is 10.1. The van der Waals surface area contributed by atoms with E-state index in [1.807, 2.05) is 12.1 Å². The van der Waals surface area contributed by atoms with Crippen LogP contribution in [-0.2, 0) is 0 Å². The highest BCUT2D eigenvalue weighted by molar-refractivity contribution is 9.10. The molecule has 1 unspecified atom stereocenters. The summed E-state index contributed by atoms with van der Waals surface area (Å²) in [7, 11) is 0. The number of rotatable bonds is 7. The van der Waals surface area contributed by atoms with Crippen LogP contribution in [0.5, 0.6) is 5.75 Å². The molecular weight excluding hydrogens is 302 g/mol. The Hall–Kier alpha value is -0.540. The third kappa shape index (κ3) is 5.96. The van der Waals surface area contributed by atoms with Crippen LogP contribution in [0.1, 0.15) is 33.3 Å². The standard InChI is InChI=1S/C16H26BrNO/c1-11(2)9-18-10-16(12(3)4)19-15-8-14(17)7-6-13(15)5/h6-8,11-12,16,18H,9-10H2,1-5H3. The fraction of sp³-hybridized carbons (Fsp3) is 0.625. The van der Waals surface area contributed by atoms with Crippen LogP contribution in [0.15, 0.2) is 22.7 Å². The number of hydrogen-bond donors (Lipinski definition) is 1. The molecule has 0 aliphatic heterocycles. The Labute approximate surface area is 126 Å². The van der Waals surface area contributed by atoms with E-state index in [1.165, 1.54) is 5.56 Å². The second kappa shape index (κ2) is 7.91. The molecule has 0 bridgehead atoms. The van der Waals surface area contributed by atoms with Crippen LogP contribution in [-0.4, -0.2) is 19.2 Å². The molecule has 0 saturated heterocycles. The first-order chi connectivity index (χ1) is 8.90. The van der Waals surface area contributed by atoms with Gasteiger partial charge in [-0.05, 0) is 43.0 Å². The molecular formula is C16H26BrNO. The Morgan fingerprint density at radius 3 is 2.42 bits per heavy atom. The molecule has 19 heavy (non-hydrogen) atoms. The quantitative estimate of drug-likeness (QED) is 0.801. The summed E-state index contributed by atoms with van der Waals surface area (Å²) in [6.07, 6.45) is 0.201. The SMILES string of the molecule is Cc1ccc(Br)cc1OC(CNCC(C)C)C(C)C. The second-order valence-corrected chi connectivity index (χ2v) is 6.78. The van der Waals surface area contributed by atoms with Crippen LogP contribution in [0.4, 0.5) is 0 Å². The summed E-state index contributed by atoms with van der Waals surface area (Å²) in [6.45, 7) is 12.9. The number of nitrogens with one attached hydrogen (secondary N) is 1. The van der Waals surface area contributed by atoms with Crippen molar-refractivity contribution in [3.63, 3.8) is 0 Å². The third-order valence-corrected chi connectivity index (χ3v) is 3.56. The molecule has 1 aromatic carbocycles. The minimum Gasteiger partial charge on any atom is -0.489 e. The van der Waals surface area contributed by atoms with E-state index in [0.29, 0.717) is 11.8 Å². The molecule has 0 aliphatic rings. The van der Waals surface area contributed by atoms with Crippen LogP contribution in [0, 0.1) is 18.8 Å². The van der Waals surface area contributed by atoms with Crippen molar-refractivity contribution in [3.05, 3.63) is 28.2 Å². The van der Waals surface area contributed by atoms with E-state index < -0.39 is 0 Å². The van der Waals surface area contributed by atoms with E-state index in [9.17, 15) is 0 Å². The molecule has 3 heteroatoms. The Kier molecular flexibility index (Phi) is 6.87. The van der Waals surface area contributed by atoms with E-state index in [-0.39, 0.29) is 6.10 Å². The van der Waals surface area contributed by atoms with Crippen molar-refractivity contribution < 1.29 is 4.74 Å². The van der Waals surface area contributed by atoms with Gasteiger partial charge in [0.05, 0.1) is 0 Å². The van der Waals surface area contributed by atoms with Gasteiger partial charge in [-0.25, -0.2) is 0 Å².